The van der Waals surface area contributed by atoms with Crippen LogP contribution < -0.4 is 5.73 Å². The largest absolute Gasteiger partial charge is 0.397 e. The molecule has 0 saturated heterocycles. The molecule has 0 fully saturated rings. The van der Waals surface area contributed by atoms with Crippen LogP contribution in [0.4, 0.5) is 5.69 Å². The lowest BCUT2D eigenvalue weighted by Gasteiger charge is -2.18. The minimum Gasteiger partial charge on any atom is -0.397 e. The van der Waals surface area contributed by atoms with E-state index in [2.05, 4.69) is 0 Å². The third-order valence-electron chi connectivity index (χ3n) is 3.01. The fraction of sp³-hybridized carbons (Fsp3) is 0.214. The highest BCUT2D eigenvalue weighted by atomic mass is 35.5. The number of aryl methyl sites for hydroxylation is 1. The molecule has 0 bridgehead atoms. The Kier molecular flexibility index (Phi) is 4.26. The fourth-order valence-corrected chi connectivity index (χ4v) is 2.44. The fourth-order valence-electron chi connectivity index (χ4n) is 1.98. The highest BCUT2D eigenvalue weighted by Crippen LogP contribution is 2.22. The van der Waals surface area contributed by atoms with Gasteiger partial charge in [0.1, 0.15) is 5.69 Å². The first-order valence-electron chi connectivity index (χ1n) is 5.99. The summed E-state index contributed by atoms with van der Waals surface area (Å²) in [4.78, 5) is 13.9. The first-order valence-corrected chi connectivity index (χ1v) is 6.75. The Hall–Kier alpha value is -1.65. The maximum absolute atomic E-state index is 12.3. The van der Waals surface area contributed by atoms with Gasteiger partial charge in [-0.15, -0.1) is 0 Å². The van der Waals surface area contributed by atoms with Crippen LogP contribution in [-0.4, -0.2) is 22.4 Å². The zero-order valence-corrected chi connectivity index (χ0v) is 12.7. The Morgan fingerprint density at radius 3 is 2.60 bits per heavy atom. The maximum atomic E-state index is 12.3. The Bertz CT molecular complexity index is 652. The average Bonchev–Trinajstić information content (AvgIpc) is 2.71. The third kappa shape index (κ3) is 3.08. The van der Waals surface area contributed by atoms with Gasteiger partial charge in [0.2, 0.25) is 0 Å². The van der Waals surface area contributed by atoms with Gasteiger partial charge in [0.15, 0.2) is 0 Å². The van der Waals surface area contributed by atoms with Crippen LogP contribution in [0.15, 0.2) is 30.5 Å². The summed E-state index contributed by atoms with van der Waals surface area (Å²) < 4.78 is 1.71. The molecule has 0 aliphatic heterocycles. The second-order valence-corrected chi connectivity index (χ2v) is 5.51. The van der Waals surface area contributed by atoms with Crippen molar-refractivity contribution in [2.45, 2.75) is 6.54 Å². The van der Waals surface area contributed by atoms with E-state index in [1.807, 2.05) is 6.07 Å². The van der Waals surface area contributed by atoms with E-state index in [1.54, 1.807) is 48.0 Å². The van der Waals surface area contributed by atoms with E-state index in [0.29, 0.717) is 28.0 Å². The summed E-state index contributed by atoms with van der Waals surface area (Å²) in [5, 5.41) is 1.12. The Morgan fingerprint density at radius 1 is 1.35 bits per heavy atom. The molecule has 1 aromatic heterocycles. The number of carbonyl (C=O) groups is 1. The highest BCUT2D eigenvalue weighted by molar-refractivity contribution is 6.35. The first kappa shape index (κ1) is 14.8. The third-order valence-corrected chi connectivity index (χ3v) is 3.60. The molecule has 0 atom stereocenters. The van der Waals surface area contributed by atoms with Gasteiger partial charge in [-0.1, -0.05) is 29.3 Å². The van der Waals surface area contributed by atoms with Crippen LogP contribution in [0.1, 0.15) is 16.1 Å². The van der Waals surface area contributed by atoms with E-state index in [4.69, 9.17) is 28.9 Å². The molecular formula is C14H15Cl2N3O. The molecule has 0 spiro atoms. The molecule has 106 valence electrons. The number of rotatable bonds is 3. The Labute approximate surface area is 127 Å². The van der Waals surface area contributed by atoms with Crippen LogP contribution in [-0.2, 0) is 13.6 Å². The van der Waals surface area contributed by atoms with Crippen molar-refractivity contribution in [2.75, 3.05) is 12.8 Å². The monoisotopic (exact) mass is 311 g/mol. The topological polar surface area (TPSA) is 51.3 Å². The van der Waals surface area contributed by atoms with E-state index in [1.165, 1.54) is 0 Å². The molecular weight excluding hydrogens is 297 g/mol. The van der Waals surface area contributed by atoms with Crippen LogP contribution in [0.2, 0.25) is 10.0 Å². The van der Waals surface area contributed by atoms with E-state index in [-0.39, 0.29) is 5.91 Å². The summed E-state index contributed by atoms with van der Waals surface area (Å²) >= 11 is 12.0. The summed E-state index contributed by atoms with van der Waals surface area (Å²) in [7, 11) is 3.50. The van der Waals surface area contributed by atoms with Crippen molar-refractivity contribution in [3.63, 3.8) is 0 Å². The summed E-state index contributed by atoms with van der Waals surface area (Å²) in [5.74, 6) is -0.116. The van der Waals surface area contributed by atoms with E-state index >= 15 is 0 Å². The summed E-state index contributed by atoms with van der Waals surface area (Å²) in [5.41, 5.74) is 7.63. The predicted octanol–water partition coefficient (Wildman–Crippen LogP) is 3.19. The van der Waals surface area contributed by atoms with Crippen molar-refractivity contribution in [2.24, 2.45) is 7.05 Å². The number of halogens is 2. The Balaban J connectivity index is 2.17. The SMILES string of the molecule is CN(Cc1ccc(Cl)cc1Cl)C(=O)c1cc(N)cn1C. The van der Waals surface area contributed by atoms with Gasteiger partial charge in [0.25, 0.3) is 5.91 Å². The number of amides is 1. The number of nitrogen functional groups attached to an aromatic ring is 1. The number of nitrogens with zero attached hydrogens (tertiary/aromatic N) is 2. The molecule has 20 heavy (non-hydrogen) atoms. The number of aromatic nitrogens is 1. The van der Waals surface area contributed by atoms with Gasteiger partial charge in [-0.2, -0.15) is 0 Å². The highest BCUT2D eigenvalue weighted by Gasteiger charge is 2.16. The van der Waals surface area contributed by atoms with Gasteiger partial charge < -0.3 is 15.2 Å². The van der Waals surface area contributed by atoms with E-state index < -0.39 is 0 Å². The maximum Gasteiger partial charge on any atom is 0.270 e. The quantitative estimate of drug-likeness (QED) is 0.946. The second-order valence-electron chi connectivity index (χ2n) is 4.67. The zero-order valence-electron chi connectivity index (χ0n) is 11.2. The molecule has 0 saturated carbocycles. The lowest BCUT2D eigenvalue weighted by molar-refractivity contribution is 0.0776. The minimum absolute atomic E-state index is 0.116. The van der Waals surface area contributed by atoms with E-state index in [0.717, 1.165) is 5.56 Å². The van der Waals surface area contributed by atoms with E-state index in [9.17, 15) is 4.79 Å². The minimum atomic E-state index is -0.116. The molecule has 0 unspecified atom stereocenters. The smallest absolute Gasteiger partial charge is 0.270 e. The number of anilines is 1. The lowest BCUT2D eigenvalue weighted by atomic mass is 10.2. The summed E-state index contributed by atoms with van der Waals surface area (Å²) in [6, 6.07) is 6.88. The van der Waals surface area contributed by atoms with Crippen LogP contribution in [0.3, 0.4) is 0 Å². The van der Waals surface area contributed by atoms with Crippen molar-refractivity contribution in [1.29, 1.82) is 0 Å². The van der Waals surface area contributed by atoms with Crippen molar-refractivity contribution in [1.82, 2.24) is 9.47 Å². The molecule has 1 amide bonds. The van der Waals surface area contributed by atoms with Gasteiger partial charge in [-0.3, -0.25) is 4.79 Å². The standard InChI is InChI=1S/C14H15Cl2N3O/c1-18-8-11(17)6-13(18)14(20)19(2)7-9-3-4-10(15)5-12(9)16/h3-6,8H,7,17H2,1-2H3. The number of hydrogen-bond acceptors (Lipinski definition) is 2. The van der Waals surface area contributed by atoms with Gasteiger partial charge in [0, 0.05) is 36.9 Å². The molecule has 0 aliphatic rings. The lowest BCUT2D eigenvalue weighted by Crippen LogP contribution is -2.27. The van der Waals surface area contributed by atoms with Gasteiger partial charge >= 0.3 is 0 Å². The van der Waals surface area contributed by atoms with Crippen molar-refractivity contribution in [3.8, 4) is 0 Å². The predicted molar refractivity (Wildman–Crippen MR) is 82.1 cm³/mol. The molecule has 2 N–H and O–H groups in total. The van der Waals surface area contributed by atoms with Crippen LogP contribution in [0.25, 0.3) is 0 Å². The molecule has 1 aromatic carbocycles. The zero-order chi connectivity index (χ0) is 14.9. The molecule has 2 aromatic rings. The first-order chi connectivity index (χ1) is 9.38. The van der Waals surface area contributed by atoms with Gasteiger partial charge in [-0.05, 0) is 23.8 Å². The van der Waals surface area contributed by atoms with Crippen LogP contribution in [0, 0.1) is 0 Å². The molecule has 1 heterocycles. The van der Waals surface area contributed by atoms with Gasteiger partial charge in [-0.25, -0.2) is 0 Å². The number of carbonyl (C=O) groups excluding carboxylic acids is 1. The molecule has 6 heteroatoms. The van der Waals surface area contributed by atoms with Gasteiger partial charge in [0.05, 0.1) is 5.69 Å². The molecule has 0 radical (unpaired) electrons. The van der Waals surface area contributed by atoms with Crippen LogP contribution >= 0.6 is 23.2 Å². The van der Waals surface area contributed by atoms with Crippen molar-refractivity contribution in [3.05, 3.63) is 51.8 Å². The molecule has 4 nitrogen and oxygen atoms in total. The Morgan fingerprint density at radius 2 is 2.05 bits per heavy atom. The number of benzene rings is 1. The van der Waals surface area contributed by atoms with Crippen molar-refractivity contribution >= 4 is 34.8 Å². The summed E-state index contributed by atoms with van der Waals surface area (Å²) in [6.07, 6.45) is 1.70. The second kappa shape index (κ2) is 5.77. The number of hydrogen-bond donors (Lipinski definition) is 1. The van der Waals surface area contributed by atoms with Crippen LogP contribution in [0.5, 0.6) is 0 Å². The van der Waals surface area contributed by atoms with Crippen molar-refractivity contribution < 1.29 is 4.79 Å². The average molecular weight is 312 g/mol. The number of nitrogens with two attached hydrogens (primary N) is 1. The normalized spacial score (nSPS) is 10.6. The summed E-state index contributed by atoms with van der Waals surface area (Å²) in [6.45, 7) is 0.403. The molecule has 2 rings (SSSR count). The molecule has 0 aliphatic carbocycles.